The molecule has 1 rings (SSSR count). The van der Waals surface area contributed by atoms with Crippen LogP contribution in [0.25, 0.3) is 0 Å². The van der Waals surface area contributed by atoms with Crippen molar-refractivity contribution in [2.75, 3.05) is 6.54 Å². The fourth-order valence-corrected chi connectivity index (χ4v) is 1.03. The highest BCUT2D eigenvalue weighted by Crippen LogP contribution is 2.03. The minimum Gasteiger partial charge on any atom is -0.365 e. The number of hydrogen-bond acceptors (Lipinski definition) is 1. The third kappa shape index (κ3) is 1.87. The highest BCUT2D eigenvalue weighted by atomic mass is 16.1. The first-order valence-corrected chi connectivity index (χ1v) is 4.18. The molecule has 2 N–H and O–H groups in total. The summed E-state index contributed by atoms with van der Waals surface area (Å²) >= 11 is 0. The van der Waals surface area contributed by atoms with Gasteiger partial charge in [0.25, 0.3) is 5.91 Å². The molecule has 0 saturated heterocycles. The highest BCUT2D eigenvalue weighted by molar-refractivity contribution is 5.95. The van der Waals surface area contributed by atoms with Gasteiger partial charge in [-0.25, -0.2) is 0 Å². The lowest BCUT2D eigenvalue weighted by Crippen LogP contribution is -2.24. The van der Waals surface area contributed by atoms with Crippen molar-refractivity contribution in [1.82, 2.24) is 10.3 Å². The molecule has 1 heterocycles. The Labute approximate surface area is 72.2 Å². The van der Waals surface area contributed by atoms with Gasteiger partial charge in [0.15, 0.2) is 0 Å². The van der Waals surface area contributed by atoms with Crippen LogP contribution in [-0.2, 0) is 0 Å². The van der Waals surface area contributed by atoms with Crippen LogP contribution >= 0.6 is 0 Å². The molecule has 0 aliphatic carbocycles. The number of amides is 1. The average molecular weight is 166 g/mol. The van der Waals surface area contributed by atoms with E-state index in [9.17, 15) is 4.79 Å². The summed E-state index contributed by atoms with van der Waals surface area (Å²) in [5, 5.41) is 2.82. The molecular formula is C9H14N2O. The number of aromatic amines is 1. The maximum absolute atomic E-state index is 11.4. The first-order chi connectivity index (χ1) is 5.75. The third-order valence-corrected chi connectivity index (χ3v) is 1.73. The number of rotatable bonds is 3. The summed E-state index contributed by atoms with van der Waals surface area (Å²) < 4.78 is 0. The van der Waals surface area contributed by atoms with E-state index in [0.29, 0.717) is 0 Å². The number of aromatic nitrogens is 1. The summed E-state index contributed by atoms with van der Waals surface area (Å²) in [6, 6.07) is 1.79. The molecule has 0 atom stereocenters. The van der Waals surface area contributed by atoms with E-state index in [-0.39, 0.29) is 5.91 Å². The summed E-state index contributed by atoms with van der Waals surface area (Å²) in [5.74, 6) is 0.00981. The van der Waals surface area contributed by atoms with Crippen molar-refractivity contribution in [1.29, 1.82) is 0 Å². The molecule has 0 bridgehead atoms. The SMILES string of the molecule is CCCNC(=O)c1cc[nH]c1C. The Morgan fingerprint density at radius 2 is 2.42 bits per heavy atom. The van der Waals surface area contributed by atoms with E-state index in [2.05, 4.69) is 10.3 Å². The Balaban J connectivity index is 2.59. The van der Waals surface area contributed by atoms with Crippen molar-refractivity contribution in [3.05, 3.63) is 23.5 Å². The van der Waals surface area contributed by atoms with Gasteiger partial charge in [-0.05, 0) is 19.4 Å². The second-order valence-corrected chi connectivity index (χ2v) is 2.77. The van der Waals surface area contributed by atoms with Gasteiger partial charge in [-0.15, -0.1) is 0 Å². The van der Waals surface area contributed by atoms with Crippen molar-refractivity contribution < 1.29 is 4.79 Å². The van der Waals surface area contributed by atoms with Gasteiger partial charge in [0, 0.05) is 18.4 Å². The van der Waals surface area contributed by atoms with Crippen LogP contribution in [0.5, 0.6) is 0 Å². The van der Waals surface area contributed by atoms with E-state index in [4.69, 9.17) is 0 Å². The lowest BCUT2D eigenvalue weighted by atomic mass is 10.2. The molecule has 0 saturated carbocycles. The Morgan fingerprint density at radius 3 is 2.92 bits per heavy atom. The number of H-pyrrole nitrogens is 1. The summed E-state index contributed by atoms with van der Waals surface area (Å²) in [6.07, 6.45) is 2.74. The number of carbonyl (C=O) groups is 1. The lowest BCUT2D eigenvalue weighted by molar-refractivity contribution is 0.0953. The molecule has 0 aliphatic heterocycles. The topological polar surface area (TPSA) is 44.9 Å². The molecule has 0 fully saturated rings. The van der Waals surface area contributed by atoms with Crippen molar-refractivity contribution in [2.45, 2.75) is 20.3 Å². The maximum atomic E-state index is 11.4. The molecule has 0 unspecified atom stereocenters. The Morgan fingerprint density at radius 1 is 1.67 bits per heavy atom. The molecule has 0 radical (unpaired) electrons. The van der Waals surface area contributed by atoms with Crippen molar-refractivity contribution >= 4 is 5.91 Å². The zero-order valence-electron chi connectivity index (χ0n) is 7.48. The second-order valence-electron chi connectivity index (χ2n) is 2.77. The number of carbonyl (C=O) groups excluding carboxylic acids is 1. The van der Waals surface area contributed by atoms with Gasteiger partial charge < -0.3 is 10.3 Å². The van der Waals surface area contributed by atoms with Gasteiger partial charge in [-0.1, -0.05) is 6.92 Å². The van der Waals surface area contributed by atoms with Crippen molar-refractivity contribution in [3.63, 3.8) is 0 Å². The lowest BCUT2D eigenvalue weighted by Gasteiger charge is -2.01. The summed E-state index contributed by atoms with van der Waals surface area (Å²) in [6.45, 7) is 4.66. The Kier molecular flexibility index (Phi) is 2.91. The average Bonchev–Trinajstić information content (AvgIpc) is 2.47. The quantitative estimate of drug-likeness (QED) is 0.701. The molecule has 0 spiro atoms. The van der Waals surface area contributed by atoms with Gasteiger partial charge in [-0.2, -0.15) is 0 Å². The van der Waals surface area contributed by atoms with E-state index < -0.39 is 0 Å². The normalized spacial score (nSPS) is 9.83. The molecule has 1 aromatic rings. The molecule has 1 amide bonds. The highest BCUT2D eigenvalue weighted by Gasteiger charge is 2.07. The fraction of sp³-hybridized carbons (Fsp3) is 0.444. The Bertz CT molecular complexity index is 265. The number of aryl methyl sites for hydroxylation is 1. The van der Waals surface area contributed by atoms with Gasteiger partial charge in [0.05, 0.1) is 5.56 Å². The predicted molar refractivity (Wildman–Crippen MR) is 48.2 cm³/mol. The van der Waals surface area contributed by atoms with Crippen molar-refractivity contribution in [2.24, 2.45) is 0 Å². The predicted octanol–water partition coefficient (Wildman–Crippen LogP) is 1.46. The molecule has 3 heteroatoms. The van der Waals surface area contributed by atoms with E-state index in [1.165, 1.54) is 0 Å². The van der Waals surface area contributed by atoms with Gasteiger partial charge in [0.2, 0.25) is 0 Å². The molecule has 12 heavy (non-hydrogen) atoms. The first-order valence-electron chi connectivity index (χ1n) is 4.18. The standard InChI is InChI=1S/C9H14N2O/c1-3-5-11-9(12)8-4-6-10-7(8)2/h4,6,10H,3,5H2,1-2H3,(H,11,12). The first kappa shape index (κ1) is 8.84. The summed E-state index contributed by atoms with van der Waals surface area (Å²) in [7, 11) is 0. The van der Waals surface area contributed by atoms with Crippen LogP contribution in [0.3, 0.4) is 0 Å². The second kappa shape index (κ2) is 3.95. The zero-order valence-corrected chi connectivity index (χ0v) is 7.48. The van der Waals surface area contributed by atoms with Crippen molar-refractivity contribution in [3.8, 4) is 0 Å². The van der Waals surface area contributed by atoms with Crippen LogP contribution in [0.1, 0.15) is 29.4 Å². The minimum absolute atomic E-state index is 0.00981. The van der Waals surface area contributed by atoms with Crippen LogP contribution in [0.4, 0.5) is 0 Å². The minimum atomic E-state index is 0.00981. The summed E-state index contributed by atoms with van der Waals surface area (Å²) in [5.41, 5.74) is 1.66. The molecule has 1 aromatic heterocycles. The third-order valence-electron chi connectivity index (χ3n) is 1.73. The zero-order chi connectivity index (χ0) is 8.97. The smallest absolute Gasteiger partial charge is 0.253 e. The molecule has 66 valence electrons. The Hall–Kier alpha value is -1.25. The van der Waals surface area contributed by atoms with E-state index in [1.807, 2.05) is 13.8 Å². The number of hydrogen-bond donors (Lipinski definition) is 2. The van der Waals surface area contributed by atoms with Gasteiger partial charge >= 0.3 is 0 Å². The molecule has 0 aliphatic rings. The van der Waals surface area contributed by atoms with Crippen LogP contribution in [0.2, 0.25) is 0 Å². The monoisotopic (exact) mass is 166 g/mol. The fourth-order valence-electron chi connectivity index (χ4n) is 1.03. The van der Waals surface area contributed by atoms with Crippen LogP contribution < -0.4 is 5.32 Å². The number of nitrogens with one attached hydrogen (secondary N) is 2. The molecular weight excluding hydrogens is 152 g/mol. The summed E-state index contributed by atoms with van der Waals surface area (Å²) in [4.78, 5) is 14.3. The largest absolute Gasteiger partial charge is 0.365 e. The van der Waals surface area contributed by atoms with Gasteiger partial charge in [0.1, 0.15) is 0 Å². The van der Waals surface area contributed by atoms with Crippen LogP contribution in [0, 0.1) is 6.92 Å². The molecule has 3 nitrogen and oxygen atoms in total. The van der Waals surface area contributed by atoms with E-state index >= 15 is 0 Å². The van der Waals surface area contributed by atoms with Crippen LogP contribution in [0.15, 0.2) is 12.3 Å². The van der Waals surface area contributed by atoms with Crippen LogP contribution in [-0.4, -0.2) is 17.4 Å². The van der Waals surface area contributed by atoms with E-state index in [1.54, 1.807) is 12.3 Å². The molecule has 0 aromatic carbocycles. The maximum Gasteiger partial charge on any atom is 0.253 e. The van der Waals surface area contributed by atoms with Gasteiger partial charge in [-0.3, -0.25) is 4.79 Å². The van der Waals surface area contributed by atoms with E-state index in [0.717, 1.165) is 24.2 Å².